The molecule has 8 heteroatoms. The number of hydrogen-bond acceptors (Lipinski definition) is 6. The lowest BCUT2D eigenvalue weighted by Crippen LogP contribution is -2.44. The van der Waals surface area contributed by atoms with Gasteiger partial charge in [-0.3, -0.25) is 0 Å². The van der Waals surface area contributed by atoms with E-state index in [2.05, 4.69) is 14.9 Å². The Hall–Kier alpha value is -0.920. The number of rotatable bonds is 4. The van der Waals surface area contributed by atoms with Crippen LogP contribution in [-0.4, -0.2) is 49.4 Å². The van der Waals surface area contributed by atoms with E-state index in [0.29, 0.717) is 31.3 Å². The van der Waals surface area contributed by atoms with Crippen molar-refractivity contribution in [2.24, 2.45) is 0 Å². The summed E-state index contributed by atoms with van der Waals surface area (Å²) in [5, 5.41) is -0.378. The van der Waals surface area contributed by atoms with Crippen molar-refractivity contribution in [1.29, 1.82) is 0 Å². The molecule has 1 aliphatic heterocycles. The highest BCUT2D eigenvalue weighted by Crippen LogP contribution is 2.21. The lowest BCUT2D eigenvalue weighted by Gasteiger charge is -2.34. The van der Waals surface area contributed by atoms with Gasteiger partial charge in [-0.15, -0.1) is 0 Å². The lowest BCUT2D eigenvalue weighted by atomic mass is 10.2. The second-order valence-corrected chi connectivity index (χ2v) is 8.36. The standard InChI is InChI=1S/C13H20ClN3O3S/c1-9(2)21(18,19)8-11-6-12(16-13(14)15-11)17-4-5-20-7-10(17)3/h6,9-10H,4-5,7-8H2,1-3H3. The first-order chi connectivity index (χ1) is 9.79. The summed E-state index contributed by atoms with van der Waals surface area (Å²) in [6.45, 7) is 7.27. The minimum atomic E-state index is -3.22. The highest BCUT2D eigenvalue weighted by atomic mass is 35.5. The maximum atomic E-state index is 12.0. The van der Waals surface area contributed by atoms with E-state index in [-0.39, 0.29) is 17.1 Å². The average Bonchev–Trinajstić information content (AvgIpc) is 2.37. The number of morpholine rings is 1. The molecule has 1 fully saturated rings. The predicted molar refractivity (Wildman–Crippen MR) is 82.4 cm³/mol. The molecule has 1 saturated heterocycles. The fraction of sp³-hybridized carbons (Fsp3) is 0.692. The molecule has 1 atom stereocenters. The molecule has 0 aliphatic carbocycles. The maximum Gasteiger partial charge on any atom is 0.224 e. The third-order valence-corrected chi connectivity index (χ3v) is 5.77. The molecule has 0 aromatic carbocycles. The Kier molecular flexibility index (Phi) is 5.06. The topological polar surface area (TPSA) is 72.4 Å². The summed E-state index contributed by atoms with van der Waals surface area (Å²) >= 11 is 5.95. The van der Waals surface area contributed by atoms with Crippen LogP contribution >= 0.6 is 11.6 Å². The average molecular weight is 334 g/mol. The van der Waals surface area contributed by atoms with E-state index in [0.717, 1.165) is 0 Å². The monoisotopic (exact) mass is 333 g/mol. The summed E-state index contributed by atoms with van der Waals surface area (Å²) in [5.74, 6) is 0.526. The number of sulfone groups is 1. The van der Waals surface area contributed by atoms with E-state index < -0.39 is 15.1 Å². The van der Waals surface area contributed by atoms with Gasteiger partial charge in [0, 0.05) is 12.6 Å². The summed E-state index contributed by atoms with van der Waals surface area (Å²) in [6, 6.07) is 1.87. The van der Waals surface area contributed by atoms with Gasteiger partial charge in [0.2, 0.25) is 5.28 Å². The Morgan fingerprint density at radius 1 is 1.48 bits per heavy atom. The highest BCUT2D eigenvalue weighted by Gasteiger charge is 2.23. The Labute approximate surface area is 130 Å². The van der Waals surface area contributed by atoms with Gasteiger partial charge in [-0.05, 0) is 32.4 Å². The van der Waals surface area contributed by atoms with Gasteiger partial charge in [-0.25, -0.2) is 18.4 Å². The maximum absolute atomic E-state index is 12.0. The van der Waals surface area contributed by atoms with Crippen LogP contribution in [0.25, 0.3) is 0 Å². The number of hydrogen-bond donors (Lipinski definition) is 0. The summed E-state index contributed by atoms with van der Waals surface area (Å²) < 4.78 is 29.4. The number of halogens is 1. The minimum Gasteiger partial charge on any atom is -0.377 e. The quantitative estimate of drug-likeness (QED) is 0.781. The minimum absolute atomic E-state index is 0.0696. The first-order valence-corrected chi connectivity index (χ1v) is 8.98. The zero-order valence-corrected chi connectivity index (χ0v) is 14.0. The van der Waals surface area contributed by atoms with E-state index in [4.69, 9.17) is 16.3 Å². The van der Waals surface area contributed by atoms with Crippen LogP contribution in [0.2, 0.25) is 5.28 Å². The van der Waals surface area contributed by atoms with Gasteiger partial charge in [0.05, 0.1) is 36.0 Å². The molecule has 2 heterocycles. The highest BCUT2D eigenvalue weighted by molar-refractivity contribution is 7.91. The summed E-state index contributed by atoms with van der Waals surface area (Å²) in [5.41, 5.74) is 0.428. The van der Waals surface area contributed by atoms with E-state index in [9.17, 15) is 8.42 Å². The van der Waals surface area contributed by atoms with E-state index in [1.165, 1.54) is 0 Å². The molecule has 0 radical (unpaired) electrons. The Bertz CT molecular complexity index is 607. The number of anilines is 1. The molecule has 21 heavy (non-hydrogen) atoms. The van der Waals surface area contributed by atoms with E-state index in [1.54, 1.807) is 19.9 Å². The van der Waals surface area contributed by atoms with Gasteiger partial charge in [-0.2, -0.15) is 0 Å². The molecule has 0 saturated carbocycles. The first kappa shape index (κ1) is 16.5. The van der Waals surface area contributed by atoms with Crippen LogP contribution in [0, 0.1) is 0 Å². The molecular weight excluding hydrogens is 314 g/mol. The fourth-order valence-electron chi connectivity index (χ4n) is 2.11. The van der Waals surface area contributed by atoms with Crippen LogP contribution in [0.15, 0.2) is 6.07 Å². The molecule has 118 valence electrons. The third kappa shape index (κ3) is 4.05. The van der Waals surface area contributed by atoms with Crippen molar-refractivity contribution in [1.82, 2.24) is 9.97 Å². The van der Waals surface area contributed by atoms with Crippen molar-refractivity contribution < 1.29 is 13.2 Å². The van der Waals surface area contributed by atoms with Gasteiger partial charge in [0.1, 0.15) is 5.82 Å². The lowest BCUT2D eigenvalue weighted by molar-refractivity contribution is 0.0985. The molecule has 1 unspecified atom stereocenters. The van der Waals surface area contributed by atoms with Crippen LogP contribution in [0.1, 0.15) is 26.5 Å². The van der Waals surface area contributed by atoms with Gasteiger partial charge >= 0.3 is 0 Å². The van der Waals surface area contributed by atoms with Crippen molar-refractivity contribution in [2.75, 3.05) is 24.7 Å². The van der Waals surface area contributed by atoms with Crippen molar-refractivity contribution in [3.8, 4) is 0 Å². The largest absolute Gasteiger partial charge is 0.377 e. The number of ether oxygens (including phenoxy) is 1. The fourth-order valence-corrected chi connectivity index (χ4v) is 3.20. The van der Waals surface area contributed by atoms with Crippen LogP contribution in [0.3, 0.4) is 0 Å². The van der Waals surface area contributed by atoms with Gasteiger partial charge in [0.25, 0.3) is 0 Å². The molecular formula is C13H20ClN3O3S. The van der Waals surface area contributed by atoms with Gasteiger partial charge < -0.3 is 9.64 Å². The van der Waals surface area contributed by atoms with Gasteiger partial charge in [0.15, 0.2) is 9.84 Å². The van der Waals surface area contributed by atoms with E-state index >= 15 is 0 Å². The van der Waals surface area contributed by atoms with Crippen molar-refractivity contribution in [3.63, 3.8) is 0 Å². The Morgan fingerprint density at radius 3 is 2.81 bits per heavy atom. The van der Waals surface area contributed by atoms with Crippen LogP contribution in [-0.2, 0) is 20.3 Å². The second-order valence-electron chi connectivity index (χ2n) is 5.46. The zero-order chi connectivity index (χ0) is 15.6. The first-order valence-electron chi connectivity index (χ1n) is 6.89. The molecule has 1 aliphatic rings. The third-order valence-electron chi connectivity index (χ3n) is 3.47. The van der Waals surface area contributed by atoms with Gasteiger partial charge in [-0.1, -0.05) is 0 Å². The second kappa shape index (κ2) is 6.46. The molecule has 0 bridgehead atoms. The van der Waals surface area contributed by atoms with Crippen molar-refractivity contribution >= 4 is 27.3 Å². The molecule has 0 amide bonds. The molecule has 0 N–H and O–H groups in total. The Morgan fingerprint density at radius 2 is 2.19 bits per heavy atom. The number of aromatic nitrogens is 2. The summed E-state index contributed by atoms with van der Waals surface area (Å²) in [4.78, 5) is 10.3. The Balaban J connectivity index is 2.29. The van der Waals surface area contributed by atoms with Crippen LogP contribution < -0.4 is 4.90 Å². The van der Waals surface area contributed by atoms with Crippen molar-refractivity contribution in [3.05, 3.63) is 17.0 Å². The zero-order valence-electron chi connectivity index (χ0n) is 12.4. The molecule has 2 rings (SSSR count). The normalized spacial score (nSPS) is 20.0. The SMILES string of the molecule is CC1COCCN1c1cc(CS(=O)(=O)C(C)C)nc(Cl)n1. The summed E-state index contributed by atoms with van der Waals surface area (Å²) in [7, 11) is -3.22. The predicted octanol–water partition coefficient (Wildman–Crippen LogP) is 1.68. The molecule has 1 aromatic heterocycles. The van der Waals surface area contributed by atoms with Crippen LogP contribution in [0.4, 0.5) is 5.82 Å². The summed E-state index contributed by atoms with van der Waals surface area (Å²) in [6.07, 6.45) is 0. The molecule has 0 spiro atoms. The number of nitrogens with zero attached hydrogens (tertiary/aromatic N) is 3. The van der Waals surface area contributed by atoms with E-state index in [1.807, 2.05) is 6.92 Å². The van der Waals surface area contributed by atoms with Crippen LogP contribution in [0.5, 0.6) is 0 Å². The smallest absolute Gasteiger partial charge is 0.224 e. The molecule has 6 nitrogen and oxygen atoms in total. The van der Waals surface area contributed by atoms with Crippen molar-refractivity contribution in [2.45, 2.75) is 37.8 Å². The molecule has 1 aromatic rings.